The Balaban J connectivity index is 1.78. The Morgan fingerprint density at radius 1 is 1.15 bits per heavy atom. The summed E-state index contributed by atoms with van der Waals surface area (Å²) in [5.41, 5.74) is -0.326. The molecular formula is C21H29NO5. The van der Waals surface area contributed by atoms with Crippen molar-refractivity contribution in [2.24, 2.45) is 5.41 Å². The lowest BCUT2D eigenvalue weighted by atomic mass is 9.90. The number of nitrogens with zero attached hydrogens (tertiary/aromatic N) is 1. The lowest BCUT2D eigenvalue weighted by Crippen LogP contribution is -2.34. The minimum absolute atomic E-state index is 0.0962. The van der Waals surface area contributed by atoms with E-state index in [0.29, 0.717) is 25.1 Å². The predicted octanol–water partition coefficient (Wildman–Crippen LogP) is 3.54. The number of carbonyl (C=O) groups is 3. The van der Waals surface area contributed by atoms with Crippen LogP contribution in [-0.4, -0.2) is 47.4 Å². The third-order valence-electron chi connectivity index (χ3n) is 5.10. The summed E-state index contributed by atoms with van der Waals surface area (Å²) >= 11 is 0. The van der Waals surface area contributed by atoms with E-state index in [1.807, 2.05) is 0 Å². The number of amides is 1. The van der Waals surface area contributed by atoms with Gasteiger partial charge in [-0.15, -0.1) is 0 Å². The maximum atomic E-state index is 12.3. The molecular weight excluding hydrogens is 346 g/mol. The van der Waals surface area contributed by atoms with E-state index in [-0.39, 0.29) is 31.1 Å². The minimum atomic E-state index is -0.883. The van der Waals surface area contributed by atoms with Crippen LogP contribution in [0.4, 0.5) is 0 Å². The Kier molecular flexibility index (Phi) is 7.39. The maximum Gasteiger partial charge on any atom is 0.311 e. The van der Waals surface area contributed by atoms with Crippen LogP contribution >= 0.6 is 0 Å². The largest absolute Gasteiger partial charge is 0.494 e. The zero-order valence-electron chi connectivity index (χ0n) is 16.2. The molecule has 0 bridgehead atoms. The summed E-state index contributed by atoms with van der Waals surface area (Å²) in [4.78, 5) is 37.4. The first kappa shape index (κ1) is 20.9. The van der Waals surface area contributed by atoms with Crippen LogP contribution < -0.4 is 4.74 Å². The standard InChI is InChI=1S/C21H29NO5/c1-3-4-5-14-27-17-8-6-16(7-9-17)18(23)10-11-19(24)22-13-12-21(2,15-22)20(25)26/h6-9H,3-5,10-15H2,1-2H3,(H,25,26). The van der Waals surface area contributed by atoms with E-state index in [0.717, 1.165) is 25.0 Å². The van der Waals surface area contributed by atoms with Gasteiger partial charge in [-0.05, 0) is 44.0 Å². The second-order valence-corrected chi connectivity index (χ2v) is 7.43. The molecule has 1 N–H and O–H groups in total. The van der Waals surface area contributed by atoms with Crippen LogP contribution in [0.3, 0.4) is 0 Å². The summed E-state index contributed by atoms with van der Waals surface area (Å²) < 4.78 is 5.63. The Morgan fingerprint density at radius 2 is 1.85 bits per heavy atom. The highest BCUT2D eigenvalue weighted by molar-refractivity contribution is 5.98. The highest BCUT2D eigenvalue weighted by Crippen LogP contribution is 2.30. The first-order chi connectivity index (χ1) is 12.9. The highest BCUT2D eigenvalue weighted by atomic mass is 16.5. The summed E-state index contributed by atoms with van der Waals surface area (Å²) in [6, 6.07) is 7.00. The molecule has 1 unspecified atom stereocenters. The Morgan fingerprint density at radius 3 is 2.44 bits per heavy atom. The van der Waals surface area contributed by atoms with Crippen LogP contribution in [0.15, 0.2) is 24.3 Å². The van der Waals surface area contributed by atoms with E-state index in [9.17, 15) is 19.5 Å². The number of rotatable bonds is 10. The van der Waals surface area contributed by atoms with Gasteiger partial charge in [0, 0.05) is 31.5 Å². The van der Waals surface area contributed by atoms with Crippen molar-refractivity contribution in [2.75, 3.05) is 19.7 Å². The molecule has 1 amide bonds. The smallest absolute Gasteiger partial charge is 0.311 e. The first-order valence-electron chi connectivity index (χ1n) is 9.63. The number of carboxylic acids is 1. The van der Waals surface area contributed by atoms with Crippen LogP contribution in [0.25, 0.3) is 0 Å². The zero-order valence-corrected chi connectivity index (χ0v) is 16.2. The Bertz CT molecular complexity index is 670. The van der Waals surface area contributed by atoms with E-state index in [1.165, 1.54) is 0 Å². The fourth-order valence-corrected chi connectivity index (χ4v) is 3.15. The normalized spacial score (nSPS) is 19.1. The number of Topliss-reactive ketones (excluding diaryl/α,β-unsaturated/α-hetero) is 1. The summed E-state index contributed by atoms with van der Waals surface area (Å²) in [5, 5.41) is 9.24. The van der Waals surface area contributed by atoms with Crippen molar-refractivity contribution in [2.45, 2.75) is 52.4 Å². The molecule has 0 spiro atoms. The highest BCUT2D eigenvalue weighted by Gasteiger charge is 2.41. The minimum Gasteiger partial charge on any atom is -0.494 e. The van der Waals surface area contributed by atoms with E-state index in [4.69, 9.17) is 4.74 Å². The van der Waals surface area contributed by atoms with Gasteiger partial charge < -0.3 is 14.7 Å². The van der Waals surface area contributed by atoms with E-state index >= 15 is 0 Å². The van der Waals surface area contributed by atoms with Gasteiger partial charge in [0.15, 0.2) is 5.78 Å². The quantitative estimate of drug-likeness (QED) is 0.499. The average molecular weight is 375 g/mol. The molecule has 1 aliphatic heterocycles. The predicted molar refractivity (Wildman–Crippen MR) is 102 cm³/mol. The van der Waals surface area contributed by atoms with Crippen molar-refractivity contribution in [3.63, 3.8) is 0 Å². The number of benzene rings is 1. The summed E-state index contributed by atoms with van der Waals surface area (Å²) in [5.74, 6) is -0.403. The second-order valence-electron chi connectivity index (χ2n) is 7.43. The molecule has 0 aliphatic carbocycles. The molecule has 2 rings (SSSR count). The Labute approximate surface area is 160 Å². The molecule has 0 aromatic heterocycles. The maximum absolute atomic E-state index is 12.3. The van der Waals surface area contributed by atoms with Gasteiger partial charge in [0.05, 0.1) is 12.0 Å². The van der Waals surface area contributed by atoms with Gasteiger partial charge in [-0.3, -0.25) is 14.4 Å². The van der Waals surface area contributed by atoms with Gasteiger partial charge in [-0.1, -0.05) is 19.8 Å². The number of aliphatic carboxylic acids is 1. The van der Waals surface area contributed by atoms with Crippen LogP contribution in [-0.2, 0) is 9.59 Å². The molecule has 1 aromatic rings. The summed E-state index contributed by atoms with van der Waals surface area (Å²) in [6.07, 6.45) is 3.95. The van der Waals surface area contributed by atoms with E-state index in [1.54, 1.807) is 36.1 Å². The SMILES string of the molecule is CCCCCOc1ccc(C(=O)CCC(=O)N2CCC(C)(C(=O)O)C2)cc1. The monoisotopic (exact) mass is 375 g/mol. The van der Waals surface area contributed by atoms with Gasteiger partial charge in [0.1, 0.15) is 5.75 Å². The molecule has 27 heavy (non-hydrogen) atoms. The molecule has 0 radical (unpaired) electrons. The van der Waals surface area contributed by atoms with Gasteiger partial charge in [-0.25, -0.2) is 0 Å². The molecule has 1 aromatic carbocycles. The molecule has 1 saturated heterocycles. The molecule has 6 nitrogen and oxygen atoms in total. The third kappa shape index (κ3) is 5.81. The van der Waals surface area contributed by atoms with Crippen LogP contribution in [0.1, 0.15) is 62.7 Å². The summed E-state index contributed by atoms with van der Waals surface area (Å²) in [6.45, 7) is 5.10. The van der Waals surface area contributed by atoms with E-state index < -0.39 is 11.4 Å². The van der Waals surface area contributed by atoms with Crippen molar-refractivity contribution in [3.8, 4) is 5.75 Å². The molecule has 1 aliphatic rings. The van der Waals surface area contributed by atoms with Crippen molar-refractivity contribution in [1.29, 1.82) is 0 Å². The molecule has 6 heteroatoms. The molecule has 0 saturated carbocycles. The van der Waals surface area contributed by atoms with Gasteiger partial charge >= 0.3 is 5.97 Å². The fraction of sp³-hybridized carbons (Fsp3) is 0.571. The topological polar surface area (TPSA) is 83.9 Å². The number of unbranched alkanes of at least 4 members (excludes halogenated alkanes) is 2. The molecule has 1 atom stereocenters. The number of ether oxygens (including phenoxy) is 1. The number of hydrogen-bond acceptors (Lipinski definition) is 4. The van der Waals surface area contributed by atoms with Gasteiger partial charge in [-0.2, -0.15) is 0 Å². The third-order valence-corrected chi connectivity index (χ3v) is 5.10. The van der Waals surface area contributed by atoms with Crippen molar-refractivity contribution in [1.82, 2.24) is 4.90 Å². The number of likely N-dealkylation sites (tertiary alicyclic amines) is 1. The van der Waals surface area contributed by atoms with Crippen LogP contribution in [0.2, 0.25) is 0 Å². The van der Waals surface area contributed by atoms with E-state index in [2.05, 4.69) is 6.92 Å². The number of hydrogen-bond donors (Lipinski definition) is 1. The van der Waals surface area contributed by atoms with Crippen LogP contribution in [0.5, 0.6) is 5.75 Å². The van der Waals surface area contributed by atoms with Crippen molar-refractivity contribution < 1.29 is 24.2 Å². The average Bonchev–Trinajstić information content (AvgIpc) is 3.07. The second kappa shape index (κ2) is 9.53. The zero-order chi connectivity index (χ0) is 19.9. The number of ketones is 1. The van der Waals surface area contributed by atoms with Gasteiger partial charge in [0.25, 0.3) is 0 Å². The molecule has 1 heterocycles. The van der Waals surface area contributed by atoms with Crippen molar-refractivity contribution >= 4 is 17.7 Å². The first-order valence-corrected chi connectivity index (χ1v) is 9.63. The molecule has 148 valence electrons. The molecule has 1 fully saturated rings. The fourth-order valence-electron chi connectivity index (χ4n) is 3.15. The Hall–Kier alpha value is -2.37. The summed E-state index contributed by atoms with van der Waals surface area (Å²) in [7, 11) is 0. The van der Waals surface area contributed by atoms with Crippen molar-refractivity contribution in [3.05, 3.63) is 29.8 Å². The lowest BCUT2D eigenvalue weighted by molar-refractivity contribution is -0.147. The number of carboxylic acid groups (broad SMARTS) is 1. The van der Waals surface area contributed by atoms with Gasteiger partial charge in [0.2, 0.25) is 5.91 Å². The number of carbonyl (C=O) groups excluding carboxylic acids is 2. The van der Waals surface area contributed by atoms with Crippen LogP contribution in [0, 0.1) is 5.41 Å². The lowest BCUT2D eigenvalue weighted by Gasteiger charge is -2.20.